The molecule has 13 aromatic carbocycles. The Morgan fingerprint density at radius 1 is 0.219 bits per heavy atom. The summed E-state index contributed by atoms with van der Waals surface area (Å²) in [7, 11) is 0. The van der Waals surface area contributed by atoms with Gasteiger partial charge in [-0.25, -0.2) is 29.9 Å². The number of fused-ring (bicyclic) bond motifs is 33. The van der Waals surface area contributed by atoms with E-state index in [1.807, 2.05) is 91.0 Å². The maximum atomic E-state index is 6.40. The summed E-state index contributed by atoms with van der Waals surface area (Å²) < 4.78 is 25.9. The van der Waals surface area contributed by atoms with Crippen LogP contribution in [0.15, 0.2) is 274 Å². The van der Waals surface area contributed by atoms with Gasteiger partial charge in [-0.1, -0.05) is 170 Å². The van der Waals surface area contributed by atoms with E-state index < -0.39 is 0 Å². The summed E-state index contributed by atoms with van der Waals surface area (Å²) >= 11 is 0. The van der Waals surface area contributed by atoms with Crippen molar-refractivity contribution in [2.24, 2.45) is 0 Å². The Bertz CT molecular complexity index is 7660. The molecule has 0 saturated heterocycles. The van der Waals surface area contributed by atoms with Gasteiger partial charge in [0, 0.05) is 75.4 Å². The molecule has 96 heavy (non-hydrogen) atoms. The third-order valence-corrected chi connectivity index (χ3v) is 20.1. The molecule has 12 nitrogen and oxygen atoms in total. The average Bonchev–Trinajstić information content (AvgIpc) is 1.54. The molecule has 442 valence electrons. The van der Waals surface area contributed by atoms with Gasteiger partial charge in [0.25, 0.3) is 0 Å². The third-order valence-electron chi connectivity index (χ3n) is 20.1. The molecule has 12 heterocycles. The Kier molecular flexibility index (Phi) is 9.57. The minimum absolute atomic E-state index is 0.878. The van der Waals surface area contributed by atoms with E-state index in [1.165, 1.54) is 43.4 Å². The first-order valence-electron chi connectivity index (χ1n) is 32.2. The van der Waals surface area contributed by atoms with Gasteiger partial charge in [0.1, 0.15) is 50.0 Å². The molecule has 0 atom stereocenters. The van der Waals surface area contributed by atoms with Crippen LogP contribution in [0, 0.1) is 0 Å². The molecule has 0 spiro atoms. The predicted octanol–water partition coefficient (Wildman–Crippen LogP) is 21.7. The van der Waals surface area contributed by atoms with Crippen molar-refractivity contribution in [1.29, 1.82) is 0 Å². The fourth-order valence-electron chi connectivity index (χ4n) is 16.1. The standard InChI is InChI=1S/C32H17N3O.2C26H13N3O/c1-2-8-18(9-3-1)19-14-15-23-24(16-19)33-30-22-17-27-28(21-11-5-7-13-26(21)36-27)29-20-10-4-6-12-25(20)35(31(22)29)32(30)34-23;1-5-11-19-14(7-1)23-22-15-8-2-6-12-20(15)30-21(22)13-16-24-26(29(19)25(16)23)28-18-10-4-3-9-17(18)27-24;1-5-11-20-14(7-1)16-13-17-15-8-2-6-12-21(15)30-25(17)22-23-26(29(20)24(16)22)28-19-10-4-3-9-18(19)27-23/h1-17H;2*1-13H. The van der Waals surface area contributed by atoms with E-state index in [9.17, 15) is 0 Å². The molecule has 0 radical (unpaired) electrons. The highest BCUT2D eigenvalue weighted by Gasteiger charge is 2.29. The number of rotatable bonds is 1. The lowest BCUT2D eigenvalue weighted by molar-refractivity contribution is 0.669. The Balaban J connectivity index is 0.0000000912. The van der Waals surface area contributed by atoms with Crippen molar-refractivity contribution >= 4 is 214 Å². The van der Waals surface area contributed by atoms with Crippen molar-refractivity contribution in [3.63, 3.8) is 0 Å². The van der Waals surface area contributed by atoms with Gasteiger partial charge >= 0.3 is 0 Å². The van der Waals surface area contributed by atoms with Crippen LogP contribution >= 0.6 is 0 Å². The third kappa shape index (κ3) is 6.55. The maximum absolute atomic E-state index is 6.40. The van der Waals surface area contributed by atoms with Gasteiger partial charge in [-0.05, 0) is 102 Å². The van der Waals surface area contributed by atoms with E-state index in [4.69, 9.17) is 43.2 Å². The Morgan fingerprint density at radius 2 is 0.625 bits per heavy atom. The van der Waals surface area contributed by atoms with Gasteiger partial charge in [0.2, 0.25) is 0 Å². The van der Waals surface area contributed by atoms with E-state index in [-0.39, 0.29) is 0 Å². The zero-order valence-corrected chi connectivity index (χ0v) is 50.6. The molecule has 0 aliphatic carbocycles. The number of aromatic nitrogens is 9. The van der Waals surface area contributed by atoms with Gasteiger partial charge < -0.3 is 13.3 Å². The van der Waals surface area contributed by atoms with Crippen molar-refractivity contribution in [2.45, 2.75) is 0 Å². The minimum Gasteiger partial charge on any atom is -0.456 e. The number of hydrogen-bond acceptors (Lipinski definition) is 9. The van der Waals surface area contributed by atoms with Crippen LogP contribution in [0.5, 0.6) is 0 Å². The smallest absolute Gasteiger partial charge is 0.165 e. The highest BCUT2D eigenvalue weighted by molar-refractivity contribution is 6.37. The molecule has 0 N–H and O–H groups in total. The van der Waals surface area contributed by atoms with Crippen molar-refractivity contribution < 1.29 is 13.3 Å². The van der Waals surface area contributed by atoms with E-state index in [2.05, 4.69) is 183 Å². The lowest BCUT2D eigenvalue weighted by Gasteiger charge is -2.04. The number of hydrogen-bond donors (Lipinski definition) is 0. The fourth-order valence-corrected chi connectivity index (χ4v) is 16.1. The molecular weight excluding hydrogens is 1180 g/mol. The minimum atomic E-state index is 0.878. The zero-order chi connectivity index (χ0) is 62.2. The van der Waals surface area contributed by atoms with E-state index in [1.54, 1.807) is 0 Å². The maximum Gasteiger partial charge on any atom is 0.165 e. The quantitative estimate of drug-likeness (QED) is 0.158. The Morgan fingerprint density at radius 3 is 1.19 bits per heavy atom. The number of para-hydroxylation sites is 10. The van der Waals surface area contributed by atoms with Gasteiger partial charge in [-0.2, -0.15) is 0 Å². The first kappa shape index (κ1) is 50.3. The molecule has 0 bridgehead atoms. The lowest BCUT2D eigenvalue weighted by atomic mass is 10.0. The number of furan rings is 3. The normalized spacial score (nSPS) is 12.6. The monoisotopic (exact) mass is 1230 g/mol. The number of nitrogens with zero attached hydrogens (tertiary/aromatic N) is 9. The van der Waals surface area contributed by atoms with Crippen LogP contribution < -0.4 is 0 Å². The van der Waals surface area contributed by atoms with Crippen LogP contribution in [0.1, 0.15) is 0 Å². The molecule has 0 aliphatic heterocycles. The van der Waals surface area contributed by atoms with Crippen LogP contribution in [0.3, 0.4) is 0 Å². The molecule has 0 aliphatic rings. The molecule has 0 unspecified atom stereocenters. The topological polar surface area (TPSA) is 130 Å². The number of benzene rings is 13. The molecule has 12 aromatic heterocycles. The van der Waals surface area contributed by atoms with E-state index in [0.717, 1.165) is 182 Å². The zero-order valence-electron chi connectivity index (χ0n) is 50.6. The van der Waals surface area contributed by atoms with Crippen molar-refractivity contribution in [1.82, 2.24) is 43.1 Å². The average molecular weight is 1230 g/mol. The van der Waals surface area contributed by atoms with Gasteiger partial charge in [-0.3, -0.25) is 13.2 Å². The molecular formula is C84H43N9O3. The summed E-state index contributed by atoms with van der Waals surface area (Å²) in [6.45, 7) is 0. The summed E-state index contributed by atoms with van der Waals surface area (Å²) in [4.78, 5) is 30.5. The SMILES string of the molecule is c1ccc(-c2ccc3nc4c(nc3c2)c2cc3oc5ccccc5c3c3c5ccccc5n4c23)cc1.c1ccc2nc3c(nc2c1)c1c2oc4ccccc4c2cc2c4ccccc4n3c21.c1ccc2nc3c(nc2c1)c1cc2oc4ccccc4c2c2c4ccccc4n3c12. The highest BCUT2D eigenvalue weighted by atomic mass is 16.3. The van der Waals surface area contributed by atoms with Crippen molar-refractivity contribution in [2.75, 3.05) is 0 Å². The Labute approximate surface area is 539 Å². The first-order valence-corrected chi connectivity index (χ1v) is 32.2. The molecule has 25 rings (SSSR count). The van der Waals surface area contributed by atoms with Crippen LogP contribution in [-0.4, -0.2) is 43.1 Å². The summed E-state index contributed by atoms with van der Waals surface area (Å²) in [6.07, 6.45) is 0. The molecule has 0 fully saturated rings. The summed E-state index contributed by atoms with van der Waals surface area (Å²) in [5, 5.41) is 17.3. The fraction of sp³-hybridized carbons (Fsp3) is 0. The van der Waals surface area contributed by atoms with Gasteiger partial charge in [-0.15, -0.1) is 0 Å². The summed E-state index contributed by atoms with van der Waals surface area (Å²) in [5.74, 6) is 0. The molecule has 0 saturated carbocycles. The van der Waals surface area contributed by atoms with Crippen molar-refractivity contribution in [3.05, 3.63) is 261 Å². The molecule has 12 heteroatoms. The van der Waals surface area contributed by atoms with Crippen molar-refractivity contribution in [3.8, 4) is 11.1 Å². The second kappa shape index (κ2) is 18.3. The predicted molar refractivity (Wildman–Crippen MR) is 390 cm³/mol. The van der Waals surface area contributed by atoms with Gasteiger partial charge in [0.05, 0.1) is 71.6 Å². The first-order chi connectivity index (χ1) is 47.6. The van der Waals surface area contributed by atoms with Crippen LogP contribution in [0.4, 0.5) is 0 Å². The molecule has 0 amide bonds. The van der Waals surface area contributed by atoms with E-state index in [0.29, 0.717) is 0 Å². The van der Waals surface area contributed by atoms with Crippen LogP contribution in [0.25, 0.3) is 225 Å². The van der Waals surface area contributed by atoms with Crippen LogP contribution in [0.2, 0.25) is 0 Å². The summed E-state index contributed by atoms with van der Waals surface area (Å²) in [6, 6.07) is 89.8. The van der Waals surface area contributed by atoms with Gasteiger partial charge in [0.15, 0.2) is 16.9 Å². The van der Waals surface area contributed by atoms with E-state index >= 15 is 0 Å². The second-order valence-corrected chi connectivity index (χ2v) is 25.2. The molecule has 25 aromatic rings. The lowest BCUT2D eigenvalue weighted by Crippen LogP contribution is -1.90. The Hall–Kier alpha value is -13.3. The highest BCUT2D eigenvalue weighted by Crippen LogP contribution is 2.49. The largest absolute Gasteiger partial charge is 0.456 e. The second-order valence-electron chi connectivity index (χ2n) is 25.2. The summed E-state index contributed by atoms with van der Waals surface area (Å²) in [5.41, 5.74) is 25.3. The van der Waals surface area contributed by atoms with Crippen LogP contribution in [-0.2, 0) is 0 Å².